The second-order valence-electron chi connectivity index (χ2n) is 5.20. The van der Waals surface area contributed by atoms with Crippen LogP contribution >= 0.6 is 0 Å². The summed E-state index contributed by atoms with van der Waals surface area (Å²) in [5, 5.41) is 0. The van der Waals surface area contributed by atoms with E-state index >= 15 is 0 Å². The topological polar surface area (TPSA) is 12.4 Å². The Morgan fingerprint density at radius 2 is 1.53 bits per heavy atom. The van der Waals surface area contributed by atoms with E-state index in [2.05, 4.69) is 52.6 Å². The molecule has 0 saturated carbocycles. The number of aryl methyl sites for hydroxylation is 1. The summed E-state index contributed by atoms with van der Waals surface area (Å²) in [6, 6.07) is 2.32. The fraction of sp³-hybridized carbons (Fsp3) is 0.438. The summed E-state index contributed by atoms with van der Waals surface area (Å²) in [7, 11) is 0. The third-order valence-electron chi connectivity index (χ3n) is 4.03. The van der Waals surface area contributed by atoms with Gasteiger partial charge in [0.1, 0.15) is 0 Å². The van der Waals surface area contributed by atoms with Crippen LogP contribution in [0.4, 0.5) is 0 Å². The Kier molecular flexibility index (Phi) is 2.94. The van der Waals surface area contributed by atoms with Crippen LogP contribution in [0.1, 0.15) is 48.1 Å². The zero-order valence-electron chi connectivity index (χ0n) is 11.7. The largest absolute Gasteiger partial charge is 0.262 e. The van der Waals surface area contributed by atoms with E-state index in [9.17, 15) is 0 Å². The molecule has 17 heavy (non-hydrogen) atoms. The maximum absolute atomic E-state index is 4.57. The maximum atomic E-state index is 4.57. The fourth-order valence-corrected chi connectivity index (χ4v) is 2.59. The Hall–Kier alpha value is -1.37. The Bertz CT molecular complexity index is 545. The number of aliphatic imine (C=N–C) groups is 1. The Labute approximate surface area is 104 Å². The van der Waals surface area contributed by atoms with E-state index in [0.29, 0.717) is 0 Å². The molecule has 1 aliphatic rings. The van der Waals surface area contributed by atoms with Crippen molar-refractivity contribution >= 4 is 11.3 Å². The first-order valence-corrected chi connectivity index (χ1v) is 6.23. The van der Waals surface area contributed by atoms with Gasteiger partial charge in [0.25, 0.3) is 0 Å². The van der Waals surface area contributed by atoms with Crippen molar-refractivity contribution in [2.45, 2.75) is 48.0 Å². The minimum Gasteiger partial charge on any atom is -0.262 e. The van der Waals surface area contributed by atoms with Crippen LogP contribution in [0.25, 0.3) is 5.57 Å². The SMILES string of the molecule is CC1=NC(C)=C(c2cc(C)c(C)c(C)c2C)C1. The van der Waals surface area contributed by atoms with Crippen LogP contribution in [-0.4, -0.2) is 5.71 Å². The van der Waals surface area contributed by atoms with Crippen LogP contribution in [0.2, 0.25) is 0 Å². The van der Waals surface area contributed by atoms with Crippen LogP contribution in [0.5, 0.6) is 0 Å². The molecule has 1 heteroatoms. The van der Waals surface area contributed by atoms with E-state index < -0.39 is 0 Å². The summed E-state index contributed by atoms with van der Waals surface area (Å²) in [5.41, 5.74) is 10.8. The van der Waals surface area contributed by atoms with Crippen LogP contribution in [-0.2, 0) is 0 Å². The Morgan fingerprint density at radius 1 is 0.882 bits per heavy atom. The number of allylic oxidation sites excluding steroid dienone is 2. The lowest BCUT2D eigenvalue weighted by atomic mass is 9.89. The van der Waals surface area contributed by atoms with Crippen molar-refractivity contribution in [3.63, 3.8) is 0 Å². The molecule has 1 aromatic rings. The number of rotatable bonds is 1. The minimum absolute atomic E-state index is 1.01. The molecule has 0 unspecified atom stereocenters. The van der Waals surface area contributed by atoms with E-state index in [1.165, 1.54) is 44.8 Å². The van der Waals surface area contributed by atoms with Gasteiger partial charge in [-0.25, -0.2) is 0 Å². The van der Waals surface area contributed by atoms with Crippen molar-refractivity contribution in [1.82, 2.24) is 0 Å². The lowest BCUT2D eigenvalue weighted by molar-refractivity contribution is 1.19. The summed E-state index contributed by atoms with van der Waals surface area (Å²) in [5.74, 6) is 0. The normalized spacial score (nSPS) is 15.5. The predicted octanol–water partition coefficient (Wildman–Crippen LogP) is 4.52. The van der Waals surface area contributed by atoms with E-state index in [1.54, 1.807) is 0 Å². The first-order chi connectivity index (χ1) is 7.91. The van der Waals surface area contributed by atoms with Gasteiger partial charge in [-0.1, -0.05) is 6.07 Å². The van der Waals surface area contributed by atoms with E-state index in [4.69, 9.17) is 0 Å². The molecule has 0 aromatic heterocycles. The molecular weight excluding hydrogens is 206 g/mol. The minimum atomic E-state index is 1.01. The highest BCUT2D eigenvalue weighted by Crippen LogP contribution is 2.34. The summed E-state index contributed by atoms with van der Waals surface area (Å²) >= 11 is 0. The average Bonchev–Trinajstić information content (AvgIpc) is 2.60. The Morgan fingerprint density at radius 3 is 2.06 bits per heavy atom. The van der Waals surface area contributed by atoms with Crippen molar-refractivity contribution < 1.29 is 0 Å². The first-order valence-electron chi connectivity index (χ1n) is 6.23. The van der Waals surface area contributed by atoms with E-state index in [1.807, 2.05) is 0 Å². The van der Waals surface area contributed by atoms with Gasteiger partial charge in [0.05, 0.1) is 0 Å². The van der Waals surface area contributed by atoms with Gasteiger partial charge >= 0.3 is 0 Å². The fourth-order valence-electron chi connectivity index (χ4n) is 2.59. The standard InChI is InChI=1S/C16H21N/c1-9-7-15(13(5)12(4)11(9)3)16-8-10(2)17-14(16)6/h7H,8H2,1-6H3. The van der Waals surface area contributed by atoms with Crippen LogP contribution < -0.4 is 0 Å². The highest BCUT2D eigenvalue weighted by atomic mass is 14.8. The molecule has 0 aliphatic carbocycles. The molecule has 0 fully saturated rings. The zero-order chi connectivity index (χ0) is 12.7. The van der Waals surface area contributed by atoms with Crippen molar-refractivity contribution in [3.8, 4) is 0 Å². The predicted molar refractivity (Wildman–Crippen MR) is 75.7 cm³/mol. The van der Waals surface area contributed by atoms with Gasteiger partial charge in [0.2, 0.25) is 0 Å². The second kappa shape index (κ2) is 4.14. The molecule has 0 radical (unpaired) electrons. The summed E-state index contributed by atoms with van der Waals surface area (Å²) in [6.07, 6.45) is 1.01. The third-order valence-corrected chi connectivity index (χ3v) is 4.03. The molecule has 1 aromatic carbocycles. The van der Waals surface area contributed by atoms with Crippen LogP contribution in [0, 0.1) is 27.7 Å². The monoisotopic (exact) mass is 227 g/mol. The quantitative estimate of drug-likeness (QED) is 0.669. The molecule has 0 bridgehead atoms. The lowest BCUT2D eigenvalue weighted by Gasteiger charge is -2.15. The van der Waals surface area contributed by atoms with E-state index in [0.717, 1.165) is 6.42 Å². The van der Waals surface area contributed by atoms with Gasteiger partial charge in [0, 0.05) is 17.8 Å². The molecule has 2 rings (SSSR count). The molecule has 0 saturated heterocycles. The summed E-state index contributed by atoms with van der Waals surface area (Å²) in [6.45, 7) is 13.1. The number of benzene rings is 1. The molecular formula is C16H21N. The van der Waals surface area contributed by atoms with Crippen molar-refractivity contribution in [2.75, 3.05) is 0 Å². The van der Waals surface area contributed by atoms with Gasteiger partial charge < -0.3 is 0 Å². The first kappa shape index (κ1) is 12.1. The highest BCUT2D eigenvalue weighted by Gasteiger charge is 2.17. The third kappa shape index (κ3) is 1.95. The summed E-state index contributed by atoms with van der Waals surface area (Å²) in [4.78, 5) is 4.57. The average molecular weight is 227 g/mol. The number of hydrogen-bond donors (Lipinski definition) is 0. The molecule has 1 aliphatic heterocycles. The van der Waals surface area contributed by atoms with Crippen LogP contribution in [0.15, 0.2) is 16.8 Å². The second-order valence-corrected chi connectivity index (χ2v) is 5.20. The van der Waals surface area contributed by atoms with Gasteiger partial charge in [-0.15, -0.1) is 0 Å². The Balaban J connectivity index is 2.60. The van der Waals surface area contributed by atoms with Gasteiger partial charge in [0.15, 0.2) is 0 Å². The molecule has 1 heterocycles. The molecule has 0 N–H and O–H groups in total. The smallest absolute Gasteiger partial charge is 0.0413 e. The van der Waals surface area contributed by atoms with E-state index in [-0.39, 0.29) is 0 Å². The molecule has 1 nitrogen and oxygen atoms in total. The molecule has 90 valence electrons. The van der Waals surface area contributed by atoms with Crippen LogP contribution in [0.3, 0.4) is 0 Å². The zero-order valence-corrected chi connectivity index (χ0v) is 11.7. The lowest BCUT2D eigenvalue weighted by Crippen LogP contribution is -1.98. The van der Waals surface area contributed by atoms with Gasteiger partial charge in [-0.3, -0.25) is 4.99 Å². The molecule has 0 spiro atoms. The van der Waals surface area contributed by atoms with Gasteiger partial charge in [-0.2, -0.15) is 0 Å². The maximum Gasteiger partial charge on any atom is 0.0413 e. The summed E-state index contributed by atoms with van der Waals surface area (Å²) < 4.78 is 0. The van der Waals surface area contributed by atoms with Gasteiger partial charge in [-0.05, 0) is 74.9 Å². The van der Waals surface area contributed by atoms with Crippen molar-refractivity contribution in [1.29, 1.82) is 0 Å². The molecule has 0 amide bonds. The number of hydrogen-bond acceptors (Lipinski definition) is 1. The highest BCUT2D eigenvalue weighted by molar-refractivity contribution is 5.98. The van der Waals surface area contributed by atoms with Crippen molar-refractivity contribution in [2.24, 2.45) is 4.99 Å². The number of nitrogens with zero attached hydrogens (tertiary/aromatic N) is 1. The van der Waals surface area contributed by atoms with Crippen molar-refractivity contribution in [3.05, 3.63) is 39.6 Å². The molecule has 0 atom stereocenters.